The maximum atomic E-state index is 8.80. The van der Waals surface area contributed by atoms with Crippen LogP contribution in [0.5, 0.6) is 0 Å². The number of fused-ring (bicyclic) bond motifs is 1. The lowest BCUT2D eigenvalue weighted by atomic mass is 10.1. The average molecular weight is 314 g/mol. The number of hydrogen-bond donors (Lipinski definition) is 1. The molecule has 0 fully saturated rings. The van der Waals surface area contributed by atoms with Crippen molar-refractivity contribution in [2.45, 2.75) is 13.8 Å². The van der Waals surface area contributed by atoms with Crippen molar-refractivity contribution in [3.05, 3.63) is 59.3 Å². The number of hydrogen-bond acceptors (Lipinski definition) is 5. The third kappa shape index (κ3) is 2.97. The predicted molar refractivity (Wildman–Crippen MR) is 91.9 cm³/mol. The van der Waals surface area contributed by atoms with Gasteiger partial charge in [-0.2, -0.15) is 10.5 Å². The summed E-state index contributed by atoms with van der Waals surface area (Å²) >= 11 is 0. The van der Waals surface area contributed by atoms with E-state index in [0.29, 0.717) is 5.89 Å². The number of nitrogens with zero attached hydrogens (tertiary/aromatic N) is 3. The lowest BCUT2D eigenvalue weighted by Gasteiger charge is -2.07. The van der Waals surface area contributed by atoms with Gasteiger partial charge < -0.3 is 9.73 Å². The molecular weight excluding hydrogens is 300 g/mol. The van der Waals surface area contributed by atoms with Gasteiger partial charge in [0.1, 0.15) is 23.2 Å². The van der Waals surface area contributed by atoms with Crippen LogP contribution in [0.25, 0.3) is 22.6 Å². The summed E-state index contributed by atoms with van der Waals surface area (Å²) in [5.74, 6) is 0.531. The van der Waals surface area contributed by atoms with E-state index in [1.54, 1.807) is 0 Å². The summed E-state index contributed by atoms with van der Waals surface area (Å²) in [6, 6.07) is 15.3. The van der Waals surface area contributed by atoms with Gasteiger partial charge in [-0.15, -0.1) is 0 Å². The molecule has 3 aromatic rings. The first-order valence-corrected chi connectivity index (χ1v) is 7.36. The molecule has 5 nitrogen and oxygen atoms in total. The van der Waals surface area contributed by atoms with Crippen LogP contribution in [0.3, 0.4) is 0 Å². The summed E-state index contributed by atoms with van der Waals surface area (Å²) in [5, 5.41) is 20.6. The molecule has 0 bridgehead atoms. The Labute approximate surface area is 139 Å². The number of nitrogens with one attached hydrogen (secondary N) is 1. The molecule has 0 unspecified atom stereocenters. The maximum Gasteiger partial charge on any atom is 0.227 e. The van der Waals surface area contributed by atoms with Gasteiger partial charge >= 0.3 is 0 Å². The number of rotatable bonds is 3. The first-order valence-electron chi connectivity index (χ1n) is 7.36. The smallest absolute Gasteiger partial charge is 0.227 e. The molecule has 0 atom stereocenters. The Morgan fingerprint density at radius 3 is 2.67 bits per heavy atom. The monoisotopic (exact) mass is 314 g/mol. The summed E-state index contributed by atoms with van der Waals surface area (Å²) in [4.78, 5) is 4.51. The van der Waals surface area contributed by atoms with Gasteiger partial charge in [-0.3, -0.25) is 0 Å². The number of aromatic nitrogens is 1. The normalized spacial score (nSPS) is 10.0. The van der Waals surface area contributed by atoms with Crippen molar-refractivity contribution in [1.82, 2.24) is 4.98 Å². The van der Waals surface area contributed by atoms with Crippen LogP contribution in [0.4, 0.5) is 5.69 Å². The first-order chi connectivity index (χ1) is 11.6. The summed E-state index contributed by atoms with van der Waals surface area (Å²) in [5.41, 5.74) is 5.27. The topological polar surface area (TPSA) is 85.6 Å². The summed E-state index contributed by atoms with van der Waals surface area (Å²) in [6.07, 6.45) is 1.39. The van der Waals surface area contributed by atoms with E-state index >= 15 is 0 Å². The van der Waals surface area contributed by atoms with Gasteiger partial charge in [0.2, 0.25) is 5.89 Å². The largest absolute Gasteiger partial charge is 0.436 e. The van der Waals surface area contributed by atoms with Crippen LogP contribution >= 0.6 is 0 Å². The number of aryl methyl sites for hydroxylation is 2. The summed E-state index contributed by atoms with van der Waals surface area (Å²) in [6.45, 7) is 3.94. The third-order valence-corrected chi connectivity index (χ3v) is 3.64. The second-order valence-electron chi connectivity index (χ2n) is 5.45. The highest BCUT2D eigenvalue weighted by Crippen LogP contribution is 2.28. The van der Waals surface area contributed by atoms with Gasteiger partial charge in [0.05, 0.1) is 0 Å². The van der Waals surface area contributed by atoms with Gasteiger partial charge in [-0.25, -0.2) is 4.98 Å². The number of benzene rings is 2. The van der Waals surface area contributed by atoms with Crippen molar-refractivity contribution in [3.63, 3.8) is 0 Å². The highest BCUT2D eigenvalue weighted by Gasteiger charge is 2.10. The van der Waals surface area contributed by atoms with Crippen molar-refractivity contribution in [2.24, 2.45) is 0 Å². The Hall–Kier alpha value is -3.57. The molecule has 0 spiro atoms. The lowest BCUT2D eigenvalue weighted by molar-refractivity contribution is 0.619. The van der Waals surface area contributed by atoms with E-state index in [4.69, 9.17) is 14.9 Å². The molecule has 24 heavy (non-hydrogen) atoms. The van der Waals surface area contributed by atoms with Gasteiger partial charge in [-0.05, 0) is 49.2 Å². The molecule has 0 aliphatic carbocycles. The quantitative estimate of drug-likeness (QED) is 0.721. The van der Waals surface area contributed by atoms with Crippen LogP contribution in [0.15, 0.2) is 52.6 Å². The van der Waals surface area contributed by atoms with Crippen molar-refractivity contribution >= 4 is 16.8 Å². The van der Waals surface area contributed by atoms with Gasteiger partial charge in [0.15, 0.2) is 5.58 Å². The molecule has 1 heterocycles. The minimum Gasteiger partial charge on any atom is -0.436 e. The van der Waals surface area contributed by atoms with E-state index in [9.17, 15) is 0 Å². The fraction of sp³-hybridized carbons (Fsp3) is 0.105. The third-order valence-electron chi connectivity index (χ3n) is 3.64. The molecule has 0 radical (unpaired) electrons. The van der Waals surface area contributed by atoms with Gasteiger partial charge in [0, 0.05) is 17.5 Å². The molecule has 0 saturated heterocycles. The zero-order valence-electron chi connectivity index (χ0n) is 13.3. The van der Waals surface area contributed by atoms with E-state index in [0.717, 1.165) is 33.5 Å². The van der Waals surface area contributed by atoms with E-state index in [-0.39, 0.29) is 5.57 Å². The molecule has 0 amide bonds. The fourth-order valence-electron chi connectivity index (χ4n) is 2.31. The Morgan fingerprint density at radius 2 is 1.92 bits per heavy atom. The Kier molecular flexibility index (Phi) is 4.01. The van der Waals surface area contributed by atoms with Crippen LogP contribution < -0.4 is 5.32 Å². The van der Waals surface area contributed by atoms with E-state index < -0.39 is 0 Å². The van der Waals surface area contributed by atoms with Crippen LogP contribution in [0, 0.1) is 36.5 Å². The van der Waals surface area contributed by atoms with Gasteiger partial charge in [0.25, 0.3) is 0 Å². The lowest BCUT2D eigenvalue weighted by Crippen LogP contribution is -1.93. The predicted octanol–water partition coefficient (Wildman–Crippen LogP) is 4.45. The highest BCUT2D eigenvalue weighted by molar-refractivity contribution is 5.77. The minimum absolute atomic E-state index is 0.0112. The Morgan fingerprint density at radius 1 is 1.12 bits per heavy atom. The molecule has 0 saturated carbocycles. The molecule has 0 aliphatic rings. The van der Waals surface area contributed by atoms with Crippen LogP contribution in [0.2, 0.25) is 0 Å². The Bertz CT molecular complexity index is 1020. The van der Waals surface area contributed by atoms with E-state index in [2.05, 4.69) is 10.3 Å². The summed E-state index contributed by atoms with van der Waals surface area (Å²) in [7, 11) is 0. The first kappa shape index (κ1) is 15.3. The highest BCUT2D eigenvalue weighted by atomic mass is 16.3. The maximum absolute atomic E-state index is 8.80. The van der Waals surface area contributed by atoms with Crippen molar-refractivity contribution in [1.29, 1.82) is 10.5 Å². The number of nitriles is 2. The van der Waals surface area contributed by atoms with Crippen LogP contribution in [-0.4, -0.2) is 4.98 Å². The summed E-state index contributed by atoms with van der Waals surface area (Å²) < 4.78 is 5.84. The number of anilines is 1. The number of allylic oxidation sites excluding steroid dienone is 1. The Balaban J connectivity index is 1.99. The zero-order chi connectivity index (χ0) is 17.1. The molecule has 1 N–H and O–H groups in total. The molecule has 1 aromatic heterocycles. The average Bonchev–Trinajstić information content (AvgIpc) is 3.00. The molecule has 116 valence electrons. The molecule has 5 heteroatoms. The van der Waals surface area contributed by atoms with Crippen LogP contribution in [-0.2, 0) is 0 Å². The molecule has 2 aromatic carbocycles. The molecule has 3 rings (SSSR count). The standard InChI is InChI=1S/C19H14N4O/c1-12-3-6-16-18(7-12)24-19(23-16)15-5-4-13(2)17(8-15)22-11-14(9-20)10-21/h3-8,11,22H,1-2H3. The second-order valence-corrected chi connectivity index (χ2v) is 5.45. The van der Waals surface area contributed by atoms with E-state index in [1.807, 2.05) is 62.4 Å². The molecular formula is C19H14N4O. The van der Waals surface area contributed by atoms with Crippen molar-refractivity contribution in [2.75, 3.05) is 5.32 Å². The second kappa shape index (κ2) is 6.28. The van der Waals surface area contributed by atoms with Crippen molar-refractivity contribution < 1.29 is 4.42 Å². The number of oxazole rings is 1. The van der Waals surface area contributed by atoms with Crippen LogP contribution in [0.1, 0.15) is 11.1 Å². The SMILES string of the molecule is Cc1ccc2nc(-c3ccc(C)c(NC=C(C#N)C#N)c3)oc2c1. The van der Waals surface area contributed by atoms with E-state index in [1.165, 1.54) is 6.20 Å². The zero-order valence-corrected chi connectivity index (χ0v) is 13.3. The molecule has 0 aliphatic heterocycles. The minimum atomic E-state index is 0.0112. The van der Waals surface area contributed by atoms with Gasteiger partial charge in [-0.1, -0.05) is 12.1 Å². The van der Waals surface area contributed by atoms with Crippen molar-refractivity contribution in [3.8, 4) is 23.6 Å². The fourth-order valence-corrected chi connectivity index (χ4v) is 2.31.